The van der Waals surface area contributed by atoms with Crippen LogP contribution in [0.5, 0.6) is 5.75 Å². The van der Waals surface area contributed by atoms with E-state index in [0.717, 1.165) is 37.1 Å². The first kappa shape index (κ1) is 18.6. The molecule has 1 fully saturated rings. The van der Waals surface area contributed by atoms with Crippen molar-refractivity contribution in [3.8, 4) is 28.3 Å². The summed E-state index contributed by atoms with van der Waals surface area (Å²) >= 11 is 0. The second-order valence-electron chi connectivity index (χ2n) is 7.73. The fourth-order valence-electron chi connectivity index (χ4n) is 3.95. The van der Waals surface area contributed by atoms with E-state index < -0.39 is 0 Å². The summed E-state index contributed by atoms with van der Waals surface area (Å²) in [7, 11) is 3.77. The van der Waals surface area contributed by atoms with E-state index in [9.17, 15) is 0 Å². The number of methoxy groups -OCH3 is 1. The third-order valence-electron chi connectivity index (χ3n) is 5.74. The number of aromatic nitrogens is 4. The normalized spacial score (nSPS) is 15.7. The molecule has 0 unspecified atom stereocenters. The molecule has 8 heteroatoms. The minimum Gasteiger partial charge on any atom is -0.493 e. The summed E-state index contributed by atoms with van der Waals surface area (Å²) in [5.41, 5.74) is 10.0. The standard InChI is InChI=1S/C22H24N6O2/c1-27-8-6-16(7-9-27)28-13-15(12-25-28)14-10-17(21(23)24-11-14)22-26-18-4-3-5-19(29-2)20(18)30-22/h3-5,10-13,16H,6-9H2,1-2H3,(H2,23,24). The molecular formula is C22H24N6O2. The van der Waals surface area contributed by atoms with E-state index in [-0.39, 0.29) is 0 Å². The van der Waals surface area contributed by atoms with Crippen LogP contribution < -0.4 is 10.5 Å². The molecule has 1 aromatic carbocycles. The van der Waals surface area contributed by atoms with Crippen molar-refractivity contribution in [2.24, 2.45) is 0 Å². The summed E-state index contributed by atoms with van der Waals surface area (Å²) in [5.74, 6) is 1.42. The summed E-state index contributed by atoms with van der Waals surface area (Å²) in [6.45, 7) is 2.18. The Hall–Kier alpha value is -3.39. The quantitative estimate of drug-likeness (QED) is 0.555. The van der Waals surface area contributed by atoms with Crippen LogP contribution in [0.15, 0.2) is 47.3 Å². The first-order valence-electron chi connectivity index (χ1n) is 10.0. The molecule has 0 bridgehead atoms. The van der Waals surface area contributed by atoms with Crippen LogP contribution in [-0.2, 0) is 0 Å². The van der Waals surface area contributed by atoms with Crippen LogP contribution in [0.2, 0.25) is 0 Å². The van der Waals surface area contributed by atoms with Crippen molar-refractivity contribution in [1.29, 1.82) is 0 Å². The number of oxazole rings is 1. The van der Waals surface area contributed by atoms with Crippen molar-refractivity contribution in [2.45, 2.75) is 18.9 Å². The molecule has 1 aliphatic heterocycles. The number of pyridine rings is 1. The van der Waals surface area contributed by atoms with Crippen molar-refractivity contribution < 1.29 is 9.15 Å². The average molecular weight is 404 g/mol. The van der Waals surface area contributed by atoms with Crippen LogP contribution in [0.3, 0.4) is 0 Å². The third-order valence-corrected chi connectivity index (χ3v) is 5.74. The van der Waals surface area contributed by atoms with Crippen LogP contribution in [0.1, 0.15) is 18.9 Å². The van der Waals surface area contributed by atoms with E-state index in [1.165, 1.54) is 0 Å². The van der Waals surface area contributed by atoms with Gasteiger partial charge in [0.1, 0.15) is 11.3 Å². The Bertz CT molecular complexity index is 1190. The topological polar surface area (TPSA) is 95.2 Å². The lowest BCUT2D eigenvalue weighted by Crippen LogP contribution is -2.31. The van der Waals surface area contributed by atoms with Gasteiger partial charge in [0.25, 0.3) is 0 Å². The number of rotatable bonds is 4. The van der Waals surface area contributed by atoms with E-state index >= 15 is 0 Å². The zero-order valence-corrected chi connectivity index (χ0v) is 17.1. The monoisotopic (exact) mass is 404 g/mol. The highest BCUT2D eigenvalue weighted by atomic mass is 16.5. The van der Waals surface area contributed by atoms with Gasteiger partial charge in [-0.15, -0.1) is 0 Å². The molecule has 154 valence electrons. The number of para-hydroxylation sites is 1. The lowest BCUT2D eigenvalue weighted by atomic mass is 10.1. The van der Waals surface area contributed by atoms with Crippen LogP contribution >= 0.6 is 0 Å². The third kappa shape index (κ3) is 3.29. The van der Waals surface area contributed by atoms with Gasteiger partial charge in [-0.1, -0.05) is 6.07 Å². The highest BCUT2D eigenvalue weighted by Crippen LogP contribution is 2.34. The predicted molar refractivity (Wildman–Crippen MR) is 115 cm³/mol. The van der Waals surface area contributed by atoms with E-state index in [0.29, 0.717) is 40.2 Å². The predicted octanol–water partition coefficient (Wildman–Crippen LogP) is 3.61. The van der Waals surface area contributed by atoms with Gasteiger partial charge in [-0.3, -0.25) is 4.68 Å². The van der Waals surface area contributed by atoms with Crippen LogP contribution in [0.4, 0.5) is 5.82 Å². The van der Waals surface area contributed by atoms with Crippen molar-refractivity contribution >= 4 is 16.9 Å². The zero-order chi connectivity index (χ0) is 20.7. The van der Waals surface area contributed by atoms with Crippen LogP contribution in [-0.4, -0.2) is 51.9 Å². The number of fused-ring (bicyclic) bond motifs is 1. The summed E-state index contributed by atoms with van der Waals surface area (Å²) < 4.78 is 13.4. The molecule has 4 heterocycles. The van der Waals surface area contributed by atoms with E-state index in [1.54, 1.807) is 13.3 Å². The molecule has 2 N–H and O–H groups in total. The Kier molecular flexibility index (Phi) is 4.63. The van der Waals surface area contributed by atoms with Crippen molar-refractivity contribution in [1.82, 2.24) is 24.6 Å². The SMILES string of the molecule is COc1cccc2nc(-c3cc(-c4cnn(C5CCN(C)CC5)c4)cnc3N)oc12. The molecule has 0 aliphatic carbocycles. The number of hydrogen-bond donors (Lipinski definition) is 1. The number of piperidine rings is 1. The Morgan fingerprint density at radius 2 is 2.00 bits per heavy atom. The molecular weight excluding hydrogens is 380 g/mol. The highest BCUT2D eigenvalue weighted by molar-refractivity contribution is 5.84. The van der Waals surface area contributed by atoms with Gasteiger partial charge in [0, 0.05) is 23.5 Å². The maximum atomic E-state index is 6.16. The number of nitrogens with two attached hydrogens (primary N) is 1. The Labute approximate surface area is 174 Å². The van der Waals surface area contributed by atoms with Crippen LogP contribution in [0.25, 0.3) is 33.7 Å². The van der Waals surface area contributed by atoms with Crippen molar-refractivity contribution in [3.63, 3.8) is 0 Å². The fraction of sp³-hybridized carbons (Fsp3) is 0.318. The van der Waals surface area contributed by atoms with Gasteiger partial charge in [0.05, 0.1) is 24.9 Å². The lowest BCUT2D eigenvalue weighted by molar-refractivity contribution is 0.212. The van der Waals surface area contributed by atoms with Gasteiger partial charge in [0.2, 0.25) is 5.89 Å². The average Bonchev–Trinajstić information content (AvgIpc) is 3.42. The molecule has 5 rings (SSSR count). The van der Waals surface area contributed by atoms with Crippen molar-refractivity contribution in [2.75, 3.05) is 33.0 Å². The number of hydrogen-bond acceptors (Lipinski definition) is 7. The van der Waals surface area contributed by atoms with Gasteiger partial charge in [0.15, 0.2) is 11.3 Å². The largest absolute Gasteiger partial charge is 0.493 e. The molecule has 4 aromatic rings. The van der Waals surface area contributed by atoms with E-state index in [2.05, 4.69) is 37.9 Å². The number of anilines is 1. The Balaban J connectivity index is 1.49. The smallest absolute Gasteiger partial charge is 0.231 e. The van der Waals surface area contributed by atoms with E-state index in [1.807, 2.05) is 30.5 Å². The Morgan fingerprint density at radius 1 is 1.17 bits per heavy atom. The lowest BCUT2D eigenvalue weighted by Gasteiger charge is -2.28. The molecule has 1 aliphatic rings. The molecule has 3 aromatic heterocycles. The Morgan fingerprint density at radius 3 is 2.80 bits per heavy atom. The molecule has 0 saturated carbocycles. The second-order valence-corrected chi connectivity index (χ2v) is 7.73. The summed E-state index contributed by atoms with van der Waals surface area (Å²) in [4.78, 5) is 11.3. The second kappa shape index (κ2) is 7.46. The molecule has 30 heavy (non-hydrogen) atoms. The van der Waals surface area contributed by atoms with Gasteiger partial charge < -0.3 is 19.8 Å². The van der Waals surface area contributed by atoms with Gasteiger partial charge in [-0.05, 0) is 51.2 Å². The summed E-state index contributed by atoms with van der Waals surface area (Å²) in [6.07, 6.45) is 7.94. The van der Waals surface area contributed by atoms with Crippen LogP contribution in [0, 0.1) is 0 Å². The van der Waals surface area contributed by atoms with E-state index in [4.69, 9.17) is 14.9 Å². The molecule has 1 saturated heterocycles. The van der Waals surface area contributed by atoms with Gasteiger partial charge >= 0.3 is 0 Å². The first-order chi connectivity index (χ1) is 14.6. The fourth-order valence-corrected chi connectivity index (χ4v) is 3.95. The zero-order valence-electron chi connectivity index (χ0n) is 17.1. The maximum Gasteiger partial charge on any atom is 0.231 e. The molecule has 8 nitrogen and oxygen atoms in total. The number of nitrogen functional groups attached to an aromatic ring is 1. The van der Waals surface area contributed by atoms with Gasteiger partial charge in [-0.25, -0.2) is 9.97 Å². The number of ether oxygens (including phenoxy) is 1. The maximum absolute atomic E-state index is 6.16. The molecule has 0 amide bonds. The number of likely N-dealkylation sites (tertiary alicyclic amines) is 1. The first-order valence-corrected chi connectivity index (χ1v) is 10.0. The molecule has 0 spiro atoms. The highest BCUT2D eigenvalue weighted by Gasteiger charge is 2.20. The minimum absolute atomic E-state index is 0.368. The summed E-state index contributed by atoms with van der Waals surface area (Å²) in [6, 6.07) is 7.98. The number of benzene rings is 1. The summed E-state index contributed by atoms with van der Waals surface area (Å²) in [5, 5.41) is 4.61. The molecule has 0 atom stereocenters. The molecule has 0 radical (unpaired) electrons. The van der Waals surface area contributed by atoms with Gasteiger partial charge in [-0.2, -0.15) is 5.10 Å². The van der Waals surface area contributed by atoms with Crippen molar-refractivity contribution in [3.05, 3.63) is 42.9 Å². The minimum atomic E-state index is 0.368. The number of nitrogens with zero attached hydrogens (tertiary/aromatic N) is 5.